The monoisotopic (exact) mass is 1000 g/mol. The average Bonchev–Trinajstić information content (AvgIpc) is 3.88. The zero-order chi connectivity index (χ0) is 52.7. The van der Waals surface area contributed by atoms with E-state index in [2.05, 4.69) is 32.8 Å². The lowest BCUT2D eigenvalue weighted by Gasteiger charge is -2.30. The fourth-order valence-corrected chi connectivity index (χ4v) is 9.06. The van der Waals surface area contributed by atoms with Crippen molar-refractivity contribution in [2.45, 2.75) is 173 Å². The summed E-state index contributed by atoms with van der Waals surface area (Å²) in [5.74, 6) is -5.49. The Morgan fingerprint density at radius 2 is 1.38 bits per heavy atom. The summed E-state index contributed by atoms with van der Waals surface area (Å²) >= 11 is 0. The predicted molar refractivity (Wildman–Crippen MR) is 272 cm³/mol. The van der Waals surface area contributed by atoms with Gasteiger partial charge >= 0.3 is 0 Å². The summed E-state index contributed by atoms with van der Waals surface area (Å²) in [5.41, 5.74) is 1.66. The summed E-state index contributed by atoms with van der Waals surface area (Å²) in [7, 11) is 2.81. The number of H-pyrrole nitrogens is 1. The fraction of sp³-hybridized carbons (Fsp3) is 0.593. The molecule has 18 heteroatoms. The zero-order valence-electron chi connectivity index (χ0n) is 42.9. The van der Waals surface area contributed by atoms with Gasteiger partial charge in [0, 0.05) is 81.6 Å². The second-order valence-corrected chi connectivity index (χ2v) is 19.4. The second kappa shape index (κ2) is 30.0. The number of carbonyl (C=O) groups is 7. The van der Waals surface area contributed by atoms with Gasteiger partial charge in [0.1, 0.15) is 29.6 Å². The number of hydrogen-bond acceptors (Lipinski definition) is 12. The van der Waals surface area contributed by atoms with Gasteiger partial charge in [0.25, 0.3) is 0 Å². The maximum atomic E-state index is 14.3. The fourth-order valence-electron chi connectivity index (χ4n) is 9.06. The van der Waals surface area contributed by atoms with Crippen LogP contribution in [0.4, 0.5) is 0 Å². The zero-order valence-corrected chi connectivity index (χ0v) is 42.9. The third-order valence-electron chi connectivity index (χ3n) is 13.6. The van der Waals surface area contributed by atoms with Crippen molar-refractivity contribution in [3.8, 4) is 22.6 Å². The van der Waals surface area contributed by atoms with Crippen LogP contribution in [0.2, 0.25) is 0 Å². The minimum absolute atomic E-state index is 0.0621. The number of imidazole rings is 1. The smallest absolute Gasteiger partial charge is 0.245 e. The van der Waals surface area contributed by atoms with E-state index in [0.29, 0.717) is 17.7 Å². The van der Waals surface area contributed by atoms with Crippen molar-refractivity contribution in [3.63, 3.8) is 0 Å². The van der Waals surface area contributed by atoms with Crippen LogP contribution in [-0.2, 0) is 46.4 Å². The highest BCUT2D eigenvalue weighted by Gasteiger charge is 2.35. The van der Waals surface area contributed by atoms with Gasteiger partial charge < -0.3 is 51.2 Å². The van der Waals surface area contributed by atoms with Gasteiger partial charge in [-0.05, 0) is 48.7 Å². The van der Waals surface area contributed by atoms with E-state index in [1.807, 2.05) is 0 Å². The van der Waals surface area contributed by atoms with Crippen LogP contribution in [0.5, 0.6) is 11.5 Å². The van der Waals surface area contributed by atoms with Crippen LogP contribution in [0.3, 0.4) is 0 Å². The van der Waals surface area contributed by atoms with Crippen LogP contribution in [-0.4, -0.2) is 133 Å². The number of phenolic OH excluding ortho intramolecular Hbond substituents is 2. The molecule has 18 nitrogen and oxygen atoms in total. The lowest BCUT2D eigenvalue weighted by molar-refractivity contribution is -0.142. The van der Waals surface area contributed by atoms with Crippen molar-refractivity contribution >= 4 is 41.1 Å². The number of Topliss-reactive ketones (excluding diaryl/α,β-unsaturated/α-hetero) is 2. The molecular formula is C54H79N7O11. The van der Waals surface area contributed by atoms with Gasteiger partial charge in [0.2, 0.25) is 29.5 Å². The van der Waals surface area contributed by atoms with E-state index in [1.165, 1.54) is 121 Å². The number of benzene rings is 2. The Kier molecular flexibility index (Phi) is 24.4. The van der Waals surface area contributed by atoms with E-state index in [-0.39, 0.29) is 66.2 Å². The molecule has 72 heavy (non-hydrogen) atoms. The predicted octanol–water partition coefficient (Wildman–Crippen LogP) is 5.50. The van der Waals surface area contributed by atoms with Gasteiger partial charge in [-0.25, -0.2) is 4.98 Å². The minimum Gasteiger partial charge on any atom is -0.507 e. The Morgan fingerprint density at radius 1 is 0.764 bits per heavy atom. The molecule has 4 bridgehead atoms. The molecule has 3 aromatic rings. The minimum atomic E-state index is -1.34. The lowest BCUT2D eigenvalue weighted by Crippen LogP contribution is -2.53. The number of nitrogens with one attached hydrogen (secondary N) is 4. The van der Waals surface area contributed by atoms with E-state index < -0.39 is 91.0 Å². The Morgan fingerprint density at radius 3 is 1.97 bits per heavy atom. The molecule has 1 aliphatic heterocycles. The number of aliphatic hydroxyl groups is 2. The Labute approximate surface area is 424 Å². The molecule has 0 spiro atoms. The Bertz CT molecular complexity index is 2250. The molecule has 0 aliphatic carbocycles. The van der Waals surface area contributed by atoms with Crippen LogP contribution in [0.1, 0.15) is 153 Å². The molecule has 1 aromatic heterocycles. The van der Waals surface area contributed by atoms with Crippen LogP contribution >= 0.6 is 0 Å². The van der Waals surface area contributed by atoms with Crippen molar-refractivity contribution in [2.24, 2.45) is 5.92 Å². The van der Waals surface area contributed by atoms with Crippen LogP contribution < -0.4 is 16.0 Å². The highest BCUT2D eigenvalue weighted by molar-refractivity contribution is 5.97. The van der Waals surface area contributed by atoms with Gasteiger partial charge in [-0.15, -0.1) is 0 Å². The van der Waals surface area contributed by atoms with E-state index in [0.717, 1.165) is 24.2 Å². The summed E-state index contributed by atoms with van der Waals surface area (Å²) in [6.07, 6.45) is 17.4. The van der Waals surface area contributed by atoms with Gasteiger partial charge in [-0.1, -0.05) is 103 Å². The average molecular weight is 1000 g/mol. The van der Waals surface area contributed by atoms with E-state index in [4.69, 9.17) is 0 Å². The van der Waals surface area contributed by atoms with Crippen molar-refractivity contribution in [1.82, 2.24) is 35.7 Å². The first-order valence-electron chi connectivity index (χ1n) is 25.8. The van der Waals surface area contributed by atoms with Crippen LogP contribution in [0.25, 0.3) is 11.1 Å². The number of fused-ring (bicyclic) bond motifs is 5. The number of unbranched alkanes of at least 4 members (excludes halogenated alkanes) is 12. The number of aliphatic hydroxyl groups excluding tert-OH is 2. The number of hydrogen-bond donors (Lipinski definition) is 8. The molecule has 0 unspecified atom stereocenters. The van der Waals surface area contributed by atoms with E-state index in [1.54, 1.807) is 18.3 Å². The standard InChI is InChI=1S/C54H79N7O11/c1-6-7-8-9-10-11-12-13-14-15-16-17-18-19-49(68)60(4)44(33-63)54(72)57-36(3)45(64)24-25-50(69)61(5)51-38-21-23-47(66)42(29-38)41-27-37(20-22-46(41)65)28-43(59-52(70)35(2)26-48(51)67)53(71)58-40(32-62)30-39-31-55-34-56-39/h20-23,27,29,31,34-36,40,43-44,51,62-63,65-66H,6-19,24-26,28,30,32-33H2,1-5H3,(H,55,56)(H,57,72)(H,58,71)(H,59,70)/t35-,36-,40+,43+,44-,51+/m1/s1. The van der Waals surface area contributed by atoms with E-state index >= 15 is 0 Å². The van der Waals surface area contributed by atoms with Crippen molar-refractivity contribution < 1.29 is 54.0 Å². The lowest BCUT2D eigenvalue weighted by atomic mass is 9.89. The highest BCUT2D eigenvalue weighted by atomic mass is 16.3. The van der Waals surface area contributed by atoms with Gasteiger partial charge in [-0.2, -0.15) is 0 Å². The molecule has 2 aromatic carbocycles. The Balaban J connectivity index is 1.38. The number of ketones is 2. The van der Waals surface area contributed by atoms with Crippen molar-refractivity contribution in [2.75, 3.05) is 27.3 Å². The van der Waals surface area contributed by atoms with E-state index in [9.17, 15) is 54.0 Å². The number of aromatic amines is 1. The molecular weight excluding hydrogens is 923 g/mol. The number of rotatable bonds is 28. The SMILES string of the molecule is CCCCCCCCCCCCCCCC(=O)N(C)[C@H](CO)C(=O)N[C@H](C)C(=O)CCC(=O)N(C)[C@@H]1C(=O)C[C@@H](C)C(=O)N[C@H](C(=O)N[C@H](CO)Cc2cnc[nH]2)Cc2ccc(O)c(c2)-c2cc1ccc2O. The summed E-state index contributed by atoms with van der Waals surface area (Å²) in [6, 6.07) is 3.11. The number of amides is 5. The molecule has 396 valence electrons. The van der Waals surface area contributed by atoms with Crippen molar-refractivity contribution in [1.29, 1.82) is 0 Å². The molecule has 5 amide bonds. The number of likely N-dealkylation sites (N-methyl/N-ethyl adjacent to an activating group) is 2. The van der Waals surface area contributed by atoms with Gasteiger partial charge in [0.15, 0.2) is 11.6 Å². The highest BCUT2D eigenvalue weighted by Crippen LogP contribution is 2.39. The quantitative estimate of drug-likeness (QED) is 0.0419. The van der Waals surface area contributed by atoms with Crippen LogP contribution in [0, 0.1) is 5.92 Å². The summed E-state index contributed by atoms with van der Waals surface area (Å²) < 4.78 is 0. The van der Waals surface area contributed by atoms with Crippen molar-refractivity contribution in [3.05, 3.63) is 65.7 Å². The summed E-state index contributed by atoms with van der Waals surface area (Å²) in [5, 5.41) is 50.5. The molecule has 0 fully saturated rings. The van der Waals surface area contributed by atoms with Gasteiger partial charge in [0.05, 0.1) is 31.6 Å². The topological polar surface area (TPSA) is 272 Å². The number of aromatic nitrogens is 2. The molecule has 2 heterocycles. The summed E-state index contributed by atoms with van der Waals surface area (Å²) in [6.45, 7) is 4.09. The molecule has 0 saturated carbocycles. The number of aromatic hydroxyl groups is 2. The molecule has 8 N–H and O–H groups in total. The third kappa shape index (κ3) is 17.9. The molecule has 0 radical (unpaired) electrons. The maximum Gasteiger partial charge on any atom is 0.245 e. The maximum absolute atomic E-state index is 14.3. The third-order valence-corrected chi connectivity index (χ3v) is 13.6. The second-order valence-electron chi connectivity index (χ2n) is 19.4. The molecule has 0 saturated heterocycles. The normalized spacial score (nSPS) is 17.2. The Hall–Kier alpha value is -6.14. The largest absolute Gasteiger partial charge is 0.507 e. The summed E-state index contributed by atoms with van der Waals surface area (Å²) in [4.78, 5) is 105. The molecule has 4 rings (SSSR count). The van der Waals surface area contributed by atoms with Crippen LogP contribution in [0.15, 0.2) is 48.9 Å². The molecule has 6 atom stereocenters. The number of nitrogens with zero attached hydrogens (tertiary/aromatic N) is 3. The van der Waals surface area contributed by atoms with Gasteiger partial charge in [-0.3, -0.25) is 33.6 Å². The number of carbonyl (C=O) groups excluding carboxylic acids is 7. The molecule has 1 aliphatic rings. The first kappa shape index (κ1) is 58.4. The first-order valence-corrected chi connectivity index (χ1v) is 25.8. The first-order chi connectivity index (χ1) is 34.5. The number of phenols is 2.